The number of hydrogen-bond donors (Lipinski definition) is 4. The van der Waals surface area contributed by atoms with E-state index >= 15 is 0 Å². The van der Waals surface area contributed by atoms with Crippen molar-refractivity contribution in [1.82, 2.24) is 40.4 Å². The summed E-state index contributed by atoms with van der Waals surface area (Å²) in [5, 5.41) is 16.0. The maximum Gasteiger partial charge on any atom is 0.224 e. The quantitative estimate of drug-likeness (QED) is 0.239. The van der Waals surface area contributed by atoms with E-state index in [1.807, 2.05) is 36.5 Å². The van der Waals surface area contributed by atoms with Gasteiger partial charge in [0.05, 0.1) is 40.7 Å². The van der Waals surface area contributed by atoms with Gasteiger partial charge in [0.2, 0.25) is 5.91 Å². The Morgan fingerprint density at radius 3 is 2.62 bits per heavy atom. The Hall–Kier alpha value is -4.96. The van der Waals surface area contributed by atoms with Crippen LogP contribution in [0.15, 0.2) is 73.6 Å². The van der Waals surface area contributed by atoms with E-state index in [9.17, 15) is 4.79 Å². The zero-order valence-electron chi connectivity index (χ0n) is 21.7. The summed E-state index contributed by atoms with van der Waals surface area (Å²) in [4.78, 5) is 34.0. The van der Waals surface area contributed by atoms with Crippen molar-refractivity contribution < 1.29 is 4.79 Å². The molecule has 0 unspecified atom stereocenters. The molecule has 7 rings (SSSR count). The highest BCUT2D eigenvalue weighted by Gasteiger charge is 2.18. The number of H-pyrrole nitrogens is 2. The van der Waals surface area contributed by atoms with E-state index in [0.29, 0.717) is 18.0 Å². The molecule has 1 aliphatic rings. The molecule has 1 fully saturated rings. The molecule has 0 atom stereocenters. The van der Waals surface area contributed by atoms with Crippen LogP contribution in [0.2, 0.25) is 0 Å². The van der Waals surface area contributed by atoms with Crippen molar-refractivity contribution in [1.29, 1.82) is 0 Å². The third kappa shape index (κ3) is 4.69. The van der Waals surface area contributed by atoms with E-state index in [2.05, 4.69) is 51.8 Å². The van der Waals surface area contributed by atoms with Crippen LogP contribution in [0.1, 0.15) is 19.3 Å². The van der Waals surface area contributed by atoms with Crippen LogP contribution in [-0.4, -0.2) is 54.1 Å². The maximum absolute atomic E-state index is 12.7. The number of carbonyl (C=O) groups excluding carboxylic acids is 1. The Labute approximate surface area is 229 Å². The van der Waals surface area contributed by atoms with Gasteiger partial charge in [0.25, 0.3) is 0 Å². The van der Waals surface area contributed by atoms with Gasteiger partial charge in [0.15, 0.2) is 0 Å². The second kappa shape index (κ2) is 10.3. The molecule has 0 radical (unpaired) electrons. The molecule has 1 saturated heterocycles. The molecule has 7 heterocycles. The molecule has 1 aliphatic heterocycles. The number of piperidine rings is 1. The fraction of sp³-hybridized carbons (Fsp3) is 0.200. The highest BCUT2D eigenvalue weighted by atomic mass is 16.1. The average Bonchev–Trinajstić information content (AvgIpc) is 3.62. The smallest absolute Gasteiger partial charge is 0.224 e. The number of hydrogen-bond acceptors (Lipinski definition) is 7. The van der Waals surface area contributed by atoms with Gasteiger partial charge in [-0.15, -0.1) is 0 Å². The SMILES string of the molecule is O=C(CC1CCNCC1)Nc1cncc(-c2cc3c(-c4cc5c(-c6cccnc6)nccc5[nH]4)n[nH]c3cn2)c1. The minimum absolute atomic E-state index is 0.0188. The molecule has 4 N–H and O–H groups in total. The van der Waals surface area contributed by atoms with Crippen LogP contribution in [0.4, 0.5) is 5.69 Å². The number of anilines is 1. The van der Waals surface area contributed by atoms with Crippen LogP contribution in [-0.2, 0) is 4.79 Å². The molecule has 10 heteroatoms. The summed E-state index contributed by atoms with van der Waals surface area (Å²) >= 11 is 0. The van der Waals surface area contributed by atoms with Crippen molar-refractivity contribution in [3.63, 3.8) is 0 Å². The Morgan fingerprint density at radius 1 is 0.875 bits per heavy atom. The van der Waals surface area contributed by atoms with Crippen LogP contribution in [0.25, 0.3) is 55.7 Å². The lowest BCUT2D eigenvalue weighted by Gasteiger charge is -2.21. The summed E-state index contributed by atoms with van der Waals surface area (Å²) in [5.74, 6) is 0.437. The third-order valence-electron chi connectivity index (χ3n) is 7.44. The van der Waals surface area contributed by atoms with Gasteiger partial charge < -0.3 is 15.6 Å². The Morgan fingerprint density at radius 2 is 1.75 bits per heavy atom. The molecular formula is C30H27N9O. The molecule has 1 amide bonds. The monoisotopic (exact) mass is 529 g/mol. The van der Waals surface area contributed by atoms with Gasteiger partial charge >= 0.3 is 0 Å². The first kappa shape index (κ1) is 24.1. The predicted octanol–water partition coefficient (Wildman–Crippen LogP) is 4.95. The first-order chi connectivity index (χ1) is 19.7. The third-order valence-corrected chi connectivity index (χ3v) is 7.44. The van der Waals surface area contributed by atoms with E-state index in [-0.39, 0.29) is 5.91 Å². The second-order valence-electron chi connectivity index (χ2n) is 10.1. The van der Waals surface area contributed by atoms with E-state index < -0.39 is 0 Å². The molecular weight excluding hydrogens is 502 g/mol. The van der Waals surface area contributed by atoms with Gasteiger partial charge in [0.1, 0.15) is 5.69 Å². The lowest BCUT2D eigenvalue weighted by molar-refractivity contribution is -0.117. The summed E-state index contributed by atoms with van der Waals surface area (Å²) in [6, 6.07) is 11.8. The summed E-state index contributed by atoms with van der Waals surface area (Å²) in [6.07, 6.45) is 13.1. The number of carbonyl (C=O) groups is 1. The standard InChI is InChI=1S/C30H27N9O/c40-28(10-18-3-7-31-8-4-18)36-21-11-20(15-33-16-21)25-12-23-27(17-35-25)38-39-30(23)26-13-22-24(37-26)5-9-34-29(22)19-2-1-6-32-14-19/h1-2,5-6,9,11-18,31,37H,3-4,7-8,10H2,(H,36,40)(H,38,39). The zero-order chi connectivity index (χ0) is 26.9. The molecule has 10 nitrogen and oxygen atoms in total. The molecule has 0 aliphatic carbocycles. The average molecular weight is 530 g/mol. The van der Waals surface area contributed by atoms with E-state index in [4.69, 9.17) is 0 Å². The van der Waals surface area contributed by atoms with Crippen molar-refractivity contribution in [3.05, 3.63) is 73.6 Å². The molecule has 198 valence electrons. The van der Waals surface area contributed by atoms with Crippen LogP contribution in [0.3, 0.4) is 0 Å². The number of pyridine rings is 4. The summed E-state index contributed by atoms with van der Waals surface area (Å²) in [7, 11) is 0. The summed E-state index contributed by atoms with van der Waals surface area (Å²) < 4.78 is 0. The minimum atomic E-state index is 0.0188. The molecule has 0 aromatic carbocycles. The molecule has 0 saturated carbocycles. The highest BCUT2D eigenvalue weighted by molar-refractivity contribution is 6.00. The molecule has 40 heavy (non-hydrogen) atoms. The summed E-state index contributed by atoms with van der Waals surface area (Å²) in [5.41, 5.74) is 7.47. The molecule has 6 aromatic rings. The summed E-state index contributed by atoms with van der Waals surface area (Å²) in [6.45, 7) is 1.94. The molecule has 0 bridgehead atoms. The lowest BCUT2D eigenvalue weighted by Crippen LogP contribution is -2.30. The second-order valence-corrected chi connectivity index (χ2v) is 10.1. The minimum Gasteiger partial charge on any atom is -0.353 e. The van der Waals surface area contributed by atoms with Crippen LogP contribution < -0.4 is 10.6 Å². The lowest BCUT2D eigenvalue weighted by atomic mass is 9.94. The number of aromatic nitrogens is 7. The van der Waals surface area contributed by atoms with Crippen molar-refractivity contribution >= 4 is 33.4 Å². The first-order valence-electron chi connectivity index (χ1n) is 13.4. The number of fused-ring (bicyclic) bond motifs is 2. The van der Waals surface area contributed by atoms with Crippen molar-refractivity contribution in [2.45, 2.75) is 19.3 Å². The van der Waals surface area contributed by atoms with Gasteiger partial charge in [-0.25, -0.2) is 0 Å². The van der Waals surface area contributed by atoms with Crippen LogP contribution in [0.5, 0.6) is 0 Å². The largest absolute Gasteiger partial charge is 0.353 e. The topological polar surface area (TPSA) is 137 Å². The first-order valence-corrected chi connectivity index (χ1v) is 13.4. The van der Waals surface area contributed by atoms with Crippen molar-refractivity contribution in [2.24, 2.45) is 5.92 Å². The predicted molar refractivity (Wildman–Crippen MR) is 154 cm³/mol. The zero-order valence-corrected chi connectivity index (χ0v) is 21.7. The maximum atomic E-state index is 12.7. The number of nitrogens with one attached hydrogen (secondary N) is 4. The normalized spacial score (nSPS) is 14.1. The van der Waals surface area contributed by atoms with E-state index in [1.165, 1.54) is 0 Å². The highest BCUT2D eigenvalue weighted by Crippen LogP contribution is 2.34. The van der Waals surface area contributed by atoms with Crippen molar-refractivity contribution in [3.8, 4) is 33.9 Å². The Bertz CT molecular complexity index is 1820. The fourth-order valence-corrected chi connectivity index (χ4v) is 5.40. The van der Waals surface area contributed by atoms with Gasteiger partial charge in [-0.2, -0.15) is 5.10 Å². The number of aromatic amines is 2. The fourth-order valence-electron chi connectivity index (χ4n) is 5.40. The number of amides is 1. The number of rotatable bonds is 6. The molecule has 0 spiro atoms. The van der Waals surface area contributed by atoms with Gasteiger partial charge in [-0.05, 0) is 68.2 Å². The Kier molecular flexibility index (Phi) is 6.21. The van der Waals surface area contributed by atoms with Gasteiger partial charge in [-0.3, -0.25) is 29.8 Å². The van der Waals surface area contributed by atoms with Crippen LogP contribution in [0, 0.1) is 5.92 Å². The number of nitrogens with zero attached hydrogens (tertiary/aromatic N) is 5. The van der Waals surface area contributed by atoms with E-state index in [0.717, 1.165) is 81.6 Å². The Balaban J connectivity index is 1.19. The van der Waals surface area contributed by atoms with Crippen LogP contribution >= 0.6 is 0 Å². The molecule has 6 aromatic heterocycles. The van der Waals surface area contributed by atoms with E-state index in [1.54, 1.807) is 31.0 Å². The van der Waals surface area contributed by atoms with Crippen molar-refractivity contribution in [2.75, 3.05) is 18.4 Å². The van der Waals surface area contributed by atoms with Gasteiger partial charge in [0, 0.05) is 58.6 Å². The van der Waals surface area contributed by atoms with Gasteiger partial charge in [-0.1, -0.05) is 0 Å².